The van der Waals surface area contributed by atoms with E-state index >= 15 is 0 Å². The van der Waals surface area contributed by atoms with Gasteiger partial charge in [0.2, 0.25) is 0 Å². The normalized spacial score (nSPS) is 24.0. The smallest absolute Gasteiger partial charge is 0.0210 e. The molecule has 14 heavy (non-hydrogen) atoms. The van der Waals surface area contributed by atoms with Crippen molar-refractivity contribution in [1.29, 1.82) is 0 Å². The second-order valence-electron chi connectivity index (χ2n) is 4.85. The number of hydrogen-bond donors (Lipinski definition) is 0. The van der Waals surface area contributed by atoms with Crippen LogP contribution in [0.15, 0.2) is 0 Å². The molecule has 1 aliphatic carbocycles. The Balaban J connectivity index is 2.26. The lowest BCUT2D eigenvalue weighted by atomic mass is 9.74. The molecule has 83 valence electrons. The molecule has 1 saturated carbocycles. The molecule has 0 aliphatic heterocycles. The van der Waals surface area contributed by atoms with Crippen LogP contribution in [-0.2, 0) is 0 Å². The molecule has 0 heteroatoms. The highest BCUT2D eigenvalue weighted by molar-refractivity contribution is 4.98. The average Bonchev–Trinajstić information content (AvgIpc) is 2.24. The largest absolute Gasteiger partial charge is 0.0654 e. The highest BCUT2D eigenvalue weighted by atomic mass is 14.3. The van der Waals surface area contributed by atoms with Crippen LogP contribution in [0, 0.1) is 11.8 Å². The van der Waals surface area contributed by atoms with Crippen LogP contribution in [0.1, 0.15) is 78.1 Å². The second-order valence-corrected chi connectivity index (χ2v) is 4.85. The number of hydrogen-bond acceptors (Lipinski definition) is 0. The van der Waals surface area contributed by atoms with Crippen molar-refractivity contribution < 1.29 is 0 Å². The van der Waals surface area contributed by atoms with Crippen LogP contribution >= 0.6 is 0 Å². The summed E-state index contributed by atoms with van der Waals surface area (Å²) in [6.45, 7) is 4.62. The average molecular weight is 195 g/mol. The Labute approximate surface area is 90.5 Å². The summed E-state index contributed by atoms with van der Waals surface area (Å²) in [5, 5.41) is 0. The molecule has 0 aromatic rings. The van der Waals surface area contributed by atoms with Gasteiger partial charge < -0.3 is 0 Å². The zero-order valence-electron chi connectivity index (χ0n) is 10.1. The van der Waals surface area contributed by atoms with Crippen molar-refractivity contribution in [3.05, 3.63) is 5.92 Å². The van der Waals surface area contributed by atoms with Crippen LogP contribution in [0.4, 0.5) is 0 Å². The fourth-order valence-corrected chi connectivity index (χ4v) is 2.68. The molecule has 0 aromatic heterocycles. The Morgan fingerprint density at radius 2 is 1.86 bits per heavy atom. The molecule has 0 aromatic carbocycles. The Morgan fingerprint density at radius 3 is 2.57 bits per heavy atom. The molecule has 1 aliphatic rings. The van der Waals surface area contributed by atoms with E-state index in [-0.39, 0.29) is 0 Å². The van der Waals surface area contributed by atoms with Gasteiger partial charge in [-0.1, -0.05) is 52.4 Å². The van der Waals surface area contributed by atoms with Crippen molar-refractivity contribution in [2.75, 3.05) is 0 Å². The first-order valence-electron chi connectivity index (χ1n) is 6.73. The third kappa shape index (κ3) is 4.02. The van der Waals surface area contributed by atoms with Gasteiger partial charge in [-0.2, -0.15) is 0 Å². The van der Waals surface area contributed by atoms with Gasteiger partial charge in [-0.15, -0.1) is 0 Å². The zero-order chi connectivity index (χ0) is 10.2. The lowest BCUT2D eigenvalue weighted by Gasteiger charge is -2.31. The lowest BCUT2D eigenvalue weighted by Crippen LogP contribution is -2.17. The maximum atomic E-state index is 2.31. The van der Waals surface area contributed by atoms with Crippen molar-refractivity contribution in [3.8, 4) is 0 Å². The molecule has 0 saturated heterocycles. The highest BCUT2D eigenvalue weighted by Crippen LogP contribution is 2.38. The quantitative estimate of drug-likeness (QED) is 0.551. The zero-order valence-corrected chi connectivity index (χ0v) is 10.1. The summed E-state index contributed by atoms with van der Waals surface area (Å²) in [7, 11) is 0. The Kier molecular flexibility index (Phi) is 6.31. The van der Waals surface area contributed by atoms with Crippen molar-refractivity contribution in [2.45, 2.75) is 78.1 Å². The van der Waals surface area contributed by atoms with Crippen molar-refractivity contribution >= 4 is 0 Å². The van der Waals surface area contributed by atoms with Gasteiger partial charge in [0.25, 0.3) is 0 Å². The van der Waals surface area contributed by atoms with Gasteiger partial charge in [-0.05, 0) is 37.5 Å². The Hall–Kier alpha value is 0. The third-order valence-electron chi connectivity index (χ3n) is 3.64. The van der Waals surface area contributed by atoms with Crippen LogP contribution in [-0.4, -0.2) is 0 Å². The molecule has 0 N–H and O–H groups in total. The number of rotatable bonds is 6. The van der Waals surface area contributed by atoms with Gasteiger partial charge in [0.05, 0.1) is 0 Å². The van der Waals surface area contributed by atoms with E-state index in [0.717, 1.165) is 5.92 Å². The summed E-state index contributed by atoms with van der Waals surface area (Å²) in [5.41, 5.74) is 0. The molecule has 0 amide bonds. The molecule has 1 fully saturated rings. The van der Waals surface area contributed by atoms with E-state index in [9.17, 15) is 0 Å². The first kappa shape index (κ1) is 12.1. The standard InChI is InChI=1S/C14H27/c1-3-5-9-13-11-7-8-12-14(13)10-6-4-2/h13H,3-12H2,1-2H3. The van der Waals surface area contributed by atoms with Crippen LogP contribution in [0.5, 0.6) is 0 Å². The highest BCUT2D eigenvalue weighted by Gasteiger charge is 2.24. The summed E-state index contributed by atoms with van der Waals surface area (Å²) in [6, 6.07) is 0. The minimum atomic E-state index is 1.01. The van der Waals surface area contributed by atoms with Crippen LogP contribution < -0.4 is 0 Å². The van der Waals surface area contributed by atoms with E-state index in [1.807, 2.05) is 5.92 Å². The van der Waals surface area contributed by atoms with Gasteiger partial charge in [-0.3, -0.25) is 0 Å². The van der Waals surface area contributed by atoms with Gasteiger partial charge in [-0.25, -0.2) is 0 Å². The predicted molar refractivity (Wildman–Crippen MR) is 64.3 cm³/mol. The molecule has 0 spiro atoms. The van der Waals surface area contributed by atoms with Crippen molar-refractivity contribution in [1.82, 2.24) is 0 Å². The summed E-state index contributed by atoms with van der Waals surface area (Å²) < 4.78 is 0. The van der Waals surface area contributed by atoms with Gasteiger partial charge in [0.15, 0.2) is 0 Å². The van der Waals surface area contributed by atoms with E-state index in [2.05, 4.69) is 13.8 Å². The Bertz CT molecular complexity index is 112. The maximum Gasteiger partial charge on any atom is -0.0210 e. The molecule has 1 atom stereocenters. The Morgan fingerprint density at radius 1 is 1.07 bits per heavy atom. The maximum absolute atomic E-state index is 2.31. The predicted octanol–water partition coefficient (Wildman–Crippen LogP) is 5.13. The minimum absolute atomic E-state index is 1.01. The van der Waals surface area contributed by atoms with Crippen molar-refractivity contribution in [3.63, 3.8) is 0 Å². The van der Waals surface area contributed by atoms with Crippen LogP contribution in [0.3, 0.4) is 0 Å². The summed E-state index contributed by atoms with van der Waals surface area (Å²) >= 11 is 0. The van der Waals surface area contributed by atoms with Crippen molar-refractivity contribution in [2.24, 2.45) is 5.92 Å². The van der Waals surface area contributed by atoms with Gasteiger partial charge in [0, 0.05) is 0 Å². The minimum Gasteiger partial charge on any atom is -0.0654 e. The van der Waals surface area contributed by atoms with E-state index in [4.69, 9.17) is 0 Å². The molecular formula is C14H27. The summed E-state index contributed by atoms with van der Waals surface area (Å²) in [6.07, 6.45) is 14.4. The molecule has 1 unspecified atom stereocenters. The SMILES string of the molecule is CCCC[C]1CCCCC1CCCC. The van der Waals surface area contributed by atoms with Gasteiger partial charge in [0.1, 0.15) is 0 Å². The molecule has 0 heterocycles. The molecule has 1 rings (SSSR count). The molecule has 0 nitrogen and oxygen atoms in total. The molecule has 0 bridgehead atoms. The summed E-state index contributed by atoms with van der Waals surface area (Å²) in [5.74, 6) is 2.93. The summed E-state index contributed by atoms with van der Waals surface area (Å²) in [4.78, 5) is 0. The van der Waals surface area contributed by atoms with E-state index < -0.39 is 0 Å². The molecular weight excluding hydrogens is 168 g/mol. The van der Waals surface area contributed by atoms with Gasteiger partial charge >= 0.3 is 0 Å². The second kappa shape index (κ2) is 7.31. The van der Waals surface area contributed by atoms with Crippen LogP contribution in [0.25, 0.3) is 0 Å². The van der Waals surface area contributed by atoms with E-state index in [0.29, 0.717) is 0 Å². The lowest BCUT2D eigenvalue weighted by molar-refractivity contribution is 0.343. The van der Waals surface area contributed by atoms with E-state index in [1.165, 1.54) is 64.2 Å². The number of unbranched alkanes of at least 4 members (excludes halogenated alkanes) is 2. The topological polar surface area (TPSA) is 0 Å². The monoisotopic (exact) mass is 195 g/mol. The first-order chi connectivity index (χ1) is 6.88. The van der Waals surface area contributed by atoms with E-state index in [1.54, 1.807) is 0 Å². The molecule has 1 radical (unpaired) electrons. The fraction of sp³-hybridized carbons (Fsp3) is 0.929. The van der Waals surface area contributed by atoms with Crippen LogP contribution in [0.2, 0.25) is 0 Å². The first-order valence-corrected chi connectivity index (χ1v) is 6.73. The third-order valence-corrected chi connectivity index (χ3v) is 3.64. The fourth-order valence-electron chi connectivity index (χ4n) is 2.68.